The van der Waals surface area contributed by atoms with Crippen LogP contribution in [0.1, 0.15) is 18.6 Å². The molecule has 5 nitrogen and oxygen atoms in total. The van der Waals surface area contributed by atoms with Gasteiger partial charge in [0.2, 0.25) is 0 Å². The summed E-state index contributed by atoms with van der Waals surface area (Å²) in [5.41, 5.74) is 0.571. The molecule has 1 aromatic carbocycles. The molecule has 0 saturated carbocycles. The van der Waals surface area contributed by atoms with Crippen molar-refractivity contribution in [1.82, 2.24) is 9.55 Å². The predicted molar refractivity (Wildman–Crippen MR) is 97.1 cm³/mol. The third-order valence-electron chi connectivity index (χ3n) is 3.44. The summed E-state index contributed by atoms with van der Waals surface area (Å²) in [5.74, 6) is 1.44. The van der Waals surface area contributed by atoms with Gasteiger partial charge in [-0.25, -0.2) is 4.98 Å². The highest BCUT2D eigenvalue weighted by Crippen LogP contribution is 2.22. The molecule has 0 bridgehead atoms. The second-order valence-electron chi connectivity index (χ2n) is 5.14. The van der Waals surface area contributed by atoms with Crippen molar-refractivity contribution in [3.8, 4) is 6.07 Å². The van der Waals surface area contributed by atoms with Gasteiger partial charge in [0.05, 0.1) is 29.8 Å². The summed E-state index contributed by atoms with van der Waals surface area (Å²) in [6.45, 7) is 0.335. The van der Waals surface area contributed by atoms with Gasteiger partial charge in [-0.05, 0) is 36.8 Å². The number of hydrogen-bond donors (Lipinski definition) is 0. The van der Waals surface area contributed by atoms with Crippen molar-refractivity contribution >= 4 is 38.6 Å². The number of benzene rings is 1. The lowest BCUT2D eigenvalue weighted by molar-refractivity contribution is 0.476. The number of nitrogens with zero attached hydrogens (tertiary/aromatic N) is 3. The van der Waals surface area contributed by atoms with Crippen LogP contribution in [0.25, 0.3) is 10.9 Å². The molecule has 0 spiro atoms. The maximum absolute atomic E-state index is 12.9. The number of unbranched alkanes of at least 4 members (excludes halogenated alkanes) is 1. The van der Waals surface area contributed by atoms with Gasteiger partial charge in [0, 0.05) is 16.6 Å². The normalized spacial score (nSPS) is 10.8. The van der Waals surface area contributed by atoms with Crippen molar-refractivity contribution in [2.24, 2.45) is 0 Å². The summed E-state index contributed by atoms with van der Waals surface area (Å²) < 4.78 is 7.85. The van der Waals surface area contributed by atoms with Crippen molar-refractivity contribution in [3.05, 3.63) is 57.2 Å². The molecule has 0 fully saturated rings. The number of nitriles is 1. The zero-order chi connectivity index (χ0) is 16.9. The molecule has 0 N–H and O–H groups in total. The van der Waals surface area contributed by atoms with Crippen LogP contribution in [0.5, 0.6) is 0 Å². The second kappa shape index (κ2) is 7.69. The minimum atomic E-state index is -0.0968. The predicted octanol–water partition coefficient (Wildman–Crippen LogP) is 4.20. The lowest BCUT2D eigenvalue weighted by Crippen LogP contribution is -2.24. The molecular formula is C17H14BrN3O2S. The quantitative estimate of drug-likeness (QED) is 0.350. The van der Waals surface area contributed by atoms with Gasteiger partial charge in [-0.1, -0.05) is 27.7 Å². The summed E-state index contributed by atoms with van der Waals surface area (Å²) in [7, 11) is 0. The molecule has 0 radical (unpaired) electrons. The Bertz CT molecular complexity index is 945. The topological polar surface area (TPSA) is 71.8 Å². The molecule has 24 heavy (non-hydrogen) atoms. The van der Waals surface area contributed by atoms with Crippen LogP contribution < -0.4 is 5.56 Å². The van der Waals surface area contributed by atoms with Crippen LogP contribution in [0.3, 0.4) is 0 Å². The molecule has 0 amide bonds. The highest BCUT2D eigenvalue weighted by Gasteiger charge is 2.13. The standard InChI is InChI=1S/C17H14BrN3O2S/c18-12-5-6-15-14(10-12)16(22)21(11-13-4-3-8-23-13)17(20-15)24-9-2-1-7-19/h3-6,8,10H,1-2,9,11H2. The van der Waals surface area contributed by atoms with Gasteiger partial charge in [0.25, 0.3) is 5.56 Å². The van der Waals surface area contributed by atoms with E-state index in [4.69, 9.17) is 9.68 Å². The Hall–Kier alpha value is -2.04. The van der Waals surface area contributed by atoms with E-state index in [1.165, 1.54) is 11.8 Å². The van der Waals surface area contributed by atoms with Gasteiger partial charge < -0.3 is 4.42 Å². The molecule has 2 aromatic heterocycles. The highest BCUT2D eigenvalue weighted by atomic mass is 79.9. The third kappa shape index (κ3) is 3.71. The van der Waals surface area contributed by atoms with Crippen molar-refractivity contribution in [1.29, 1.82) is 5.26 Å². The number of hydrogen-bond acceptors (Lipinski definition) is 5. The summed E-state index contributed by atoms with van der Waals surface area (Å²) in [6.07, 6.45) is 2.84. The number of rotatable bonds is 6. The Morgan fingerprint density at radius 2 is 2.25 bits per heavy atom. The molecule has 0 saturated heterocycles. The van der Waals surface area contributed by atoms with Crippen LogP contribution >= 0.6 is 27.7 Å². The maximum atomic E-state index is 12.9. The first-order valence-electron chi connectivity index (χ1n) is 7.41. The highest BCUT2D eigenvalue weighted by molar-refractivity contribution is 9.10. The zero-order valence-electron chi connectivity index (χ0n) is 12.7. The zero-order valence-corrected chi connectivity index (χ0v) is 15.1. The summed E-state index contributed by atoms with van der Waals surface area (Å²) in [4.78, 5) is 17.5. The van der Waals surface area contributed by atoms with Crippen LogP contribution in [0.4, 0.5) is 0 Å². The third-order valence-corrected chi connectivity index (χ3v) is 5.00. The number of thioether (sulfide) groups is 1. The van der Waals surface area contributed by atoms with E-state index in [0.717, 1.165) is 16.6 Å². The number of furan rings is 1. The van der Waals surface area contributed by atoms with Crippen LogP contribution in [-0.4, -0.2) is 15.3 Å². The van der Waals surface area contributed by atoms with E-state index in [1.807, 2.05) is 18.2 Å². The van der Waals surface area contributed by atoms with Crippen LogP contribution in [0.2, 0.25) is 0 Å². The SMILES string of the molecule is N#CCCCSc1nc2ccc(Br)cc2c(=O)n1Cc1ccco1. The first-order chi connectivity index (χ1) is 11.7. The first kappa shape index (κ1) is 16.8. The van der Waals surface area contributed by atoms with E-state index in [1.54, 1.807) is 23.0 Å². The number of aromatic nitrogens is 2. The van der Waals surface area contributed by atoms with Gasteiger partial charge >= 0.3 is 0 Å². The summed E-state index contributed by atoms with van der Waals surface area (Å²) >= 11 is 4.89. The molecular weight excluding hydrogens is 390 g/mol. The number of fused-ring (bicyclic) bond motifs is 1. The van der Waals surface area contributed by atoms with E-state index in [9.17, 15) is 4.79 Å². The summed E-state index contributed by atoms with van der Waals surface area (Å²) in [6, 6.07) is 11.2. The largest absolute Gasteiger partial charge is 0.467 e. The average Bonchev–Trinajstić information content (AvgIpc) is 3.09. The van der Waals surface area contributed by atoms with Crippen LogP contribution in [0.15, 0.2) is 55.4 Å². The van der Waals surface area contributed by atoms with E-state index in [0.29, 0.717) is 34.8 Å². The minimum absolute atomic E-state index is 0.0968. The summed E-state index contributed by atoms with van der Waals surface area (Å²) in [5, 5.41) is 9.86. The lowest BCUT2D eigenvalue weighted by atomic mass is 10.2. The smallest absolute Gasteiger partial charge is 0.262 e. The Kier molecular flexibility index (Phi) is 5.38. The van der Waals surface area contributed by atoms with Crippen LogP contribution in [-0.2, 0) is 6.54 Å². The molecule has 3 aromatic rings. The van der Waals surface area contributed by atoms with E-state index >= 15 is 0 Å². The fraction of sp³-hybridized carbons (Fsp3) is 0.235. The van der Waals surface area contributed by atoms with Gasteiger partial charge in [-0.3, -0.25) is 9.36 Å². The minimum Gasteiger partial charge on any atom is -0.467 e. The van der Waals surface area contributed by atoms with Crippen LogP contribution in [0, 0.1) is 11.3 Å². The molecule has 0 aliphatic carbocycles. The van der Waals surface area contributed by atoms with Gasteiger partial charge in [-0.15, -0.1) is 0 Å². The maximum Gasteiger partial charge on any atom is 0.262 e. The van der Waals surface area contributed by atoms with Crippen molar-refractivity contribution in [3.63, 3.8) is 0 Å². The second-order valence-corrected chi connectivity index (χ2v) is 7.11. The van der Waals surface area contributed by atoms with Crippen molar-refractivity contribution < 1.29 is 4.42 Å². The molecule has 0 aliphatic rings. The Balaban J connectivity index is 2.04. The molecule has 122 valence electrons. The monoisotopic (exact) mass is 403 g/mol. The van der Waals surface area contributed by atoms with Crippen molar-refractivity contribution in [2.45, 2.75) is 24.5 Å². The Morgan fingerprint density at radius 1 is 1.38 bits per heavy atom. The lowest BCUT2D eigenvalue weighted by Gasteiger charge is -2.12. The molecule has 0 atom stereocenters. The molecule has 3 rings (SSSR count). The molecule has 2 heterocycles. The van der Waals surface area contributed by atoms with Gasteiger partial charge in [0.1, 0.15) is 5.76 Å². The Labute approximate surface area is 151 Å². The number of halogens is 1. The first-order valence-corrected chi connectivity index (χ1v) is 9.19. The van der Waals surface area contributed by atoms with E-state index < -0.39 is 0 Å². The van der Waals surface area contributed by atoms with E-state index in [2.05, 4.69) is 27.0 Å². The average molecular weight is 404 g/mol. The fourth-order valence-electron chi connectivity index (χ4n) is 2.30. The Morgan fingerprint density at radius 3 is 3.00 bits per heavy atom. The fourth-order valence-corrected chi connectivity index (χ4v) is 3.59. The van der Waals surface area contributed by atoms with Gasteiger partial charge in [0.15, 0.2) is 5.16 Å². The van der Waals surface area contributed by atoms with Crippen molar-refractivity contribution in [2.75, 3.05) is 5.75 Å². The van der Waals surface area contributed by atoms with E-state index in [-0.39, 0.29) is 5.56 Å². The molecule has 0 unspecified atom stereocenters. The molecule has 0 aliphatic heterocycles. The molecule has 7 heteroatoms. The van der Waals surface area contributed by atoms with Gasteiger partial charge in [-0.2, -0.15) is 5.26 Å².